The molecule has 0 unspecified atom stereocenters. The number of hydrogen-bond acceptors (Lipinski definition) is 1. The average Bonchev–Trinajstić information content (AvgIpc) is 2.74. The lowest BCUT2D eigenvalue weighted by Crippen LogP contribution is -2.13. The van der Waals surface area contributed by atoms with Gasteiger partial charge >= 0.3 is 6.08 Å². The molecule has 5 heteroatoms. The van der Waals surface area contributed by atoms with Crippen LogP contribution in [0, 0.1) is 17.6 Å². The second kappa shape index (κ2) is 10.6. The normalized spacial score (nSPS) is 18.8. The van der Waals surface area contributed by atoms with Crippen LogP contribution in [0.25, 0.3) is 11.1 Å². The highest BCUT2D eigenvalue weighted by Crippen LogP contribution is 2.38. The summed E-state index contributed by atoms with van der Waals surface area (Å²) in [6.07, 6.45) is 8.01. The van der Waals surface area contributed by atoms with Gasteiger partial charge in [-0.15, -0.1) is 0 Å². The van der Waals surface area contributed by atoms with Crippen molar-refractivity contribution in [1.82, 2.24) is 0 Å². The molecule has 0 spiro atoms. The molecule has 1 aliphatic carbocycles. The van der Waals surface area contributed by atoms with Gasteiger partial charge in [0.25, 0.3) is 0 Å². The summed E-state index contributed by atoms with van der Waals surface area (Å²) >= 11 is 0. The Kier molecular flexibility index (Phi) is 7.94. The fraction of sp³-hybridized carbons (Fsp3) is 0.440. The zero-order valence-electron chi connectivity index (χ0n) is 17.3. The predicted octanol–water partition coefficient (Wildman–Crippen LogP) is 8.60. The van der Waals surface area contributed by atoms with Crippen molar-refractivity contribution < 1.29 is 22.3 Å². The summed E-state index contributed by atoms with van der Waals surface area (Å²) in [5.41, 5.74) is 2.27. The number of halogens is 4. The first-order chi connectivity index (χ1) is 14.5. The molecular weight excluding hydrogens is 392 g/mol. The highest BCUT2D eigenvalue weighted by atomic mass is 19.3. The molecule has 3 rings (SSSR count). The summed E-state index contributed by atoms with van der Waals surface area (Å²) in [7, 11) is 0. The number of unbranched alkanes of at least 4 members (excludes halogenated alkanes) is 2. The lowest BCUT2D eigenvalue weighted by Gasteiger charge is -2.29. The molecule has 0 amide bonds. The van der Waals surface area contributed by atoms with Gasteiger partial charge in [0.1, 0.15) is 0 Å². The third-order valence-electron chi connectivity index (χ3n) is 6.04. The molecule has 0 heterocycles. The Balaban J connectivity index is 1.64. The summed E-state index contributed by atoms with van der Waals surface area (Å²) in [5, 5.41) is 0. The Morgan fingerprint density at radius 2 is 1.57 bits per heavy atom. The molecule has 2 aromatic rings. The smallest absolute Gasteiger partial charge is 0.305 e. The molecule has 162 valence electrons. The Hall–Kier alpha value is -2.30. The first kappa shape index (κ1) is 22.4. The van der Waals surface area contributed by atoms with Crippen LogP contribution in [-0.2, 0) is 0 Å². The van der Waals surface area contributed by atoms with Crippen LogP contribution < -0.4 is 4.74 Å². The molecule has 0 aromatic heterocycles. The molecule has 0 N–H and O–H groups in total. The summed E-state index contributed by atoms with van der Waals surface area (Å²) in [4.78, 5) is 0. The van der Waals surface area contributed by atoms with E-state index in [4.69, 9.17) is 0 Å². The van der Waals surface area contributed by atoms with Crippen molar-refractivity contribution in [2.75, 3.05) is 0 Å². The third kappa shape index (κ3) is 5.87. The number of hydrogen-bond donors (Lipinski definition) is 0. The van der Waals surface area contributed by atoms with Crippen molar-refractivity contribution in [2.24, 2.45) is 5.92 Å². The van der Waals surface area contributed by atoms with E-state index < -0.39 is 23.5 Å². The Morgan fingerprint density at radius 3 is 2.13 bits per heavy atom. The van der Waals surface area contributed by atoms with E-state index in [2.05, 4.69) is 11.7 Å². The van der Waals surface area contributed by atoms with Gasteiger partial charge in [-0.25, -0.2) is 8.78 Å². The lowest BCUT2D eigenvalue weighted by atomic mass is 9.77. The molecular formula is C25H28F4O. The van der Waals surface area contributed by atoms with Crippen molar-refractivity contribution in [3.8, 4) is 16.9 Å². The molecule has 1 aliphatic rings. The summed E-state index contributed by atoms with van der Waals surface area (Å²) < 4.78 is 56.9. The summed E-state index contributed by atoms with van der Waals surface area (Å²) in [6.45, 7) is 2.23. The van der Waals surface area contributed by atoms with Gasteiger partial charge < -0.3 is 4.74 Å². The van der Waals surface area contributed by atoms with Gasteiger partial charge in [0.05, 0.1) is 0 Å². The lowest BCUT2D eigenvalue weighted by molar-refractivity contribution is 0.303. The zero-order valence-corrected chi connectivity index (χ0v) is 17.3. The largest absolute Gasteiger partial charge is 0.453 e. The topological polar surface area (TPSA) is 9.23 Å². The van der Waals surface area contributed by atoms with Gasteiger partial charge in [0, 0.05) is 0 Å². The highest BCUT2D eigenvalue weighted by molar-refractivity contribution is 5.65. The van der Waals surface area contributed by atoms with Crippen LogP contribution >= 0.6 is 0 Å². The molecule has 0 aliphatic heterocycles. The number of ether oxygens (including phenoxy) is 1. The maximum Gasteiger partial charge on any atom is 0.305 e. The average molecular weight is 420 g/mol. The van der Waals surface area contributed by atoms with E-state index in [1.807, 2.05) is 24.3 Å². The van der Waals surface area contributed by atoms with Gasteiger partial charge in [0.2, 0.25) is 0 Å². The van der Waals surface area contributed by atoms with E-state index in [0.717, 1.165) is 18.1 Å². The van der Waals surface area contributed by atoms with Crippen molar-refractivity contribution in [3.63, 3.8) is 0 Å². The highest BCUT2D eigenvalue weighted by Gasteiger charge is 2.22. The molecule has 30 heavy (non-hydrogen) atoms. The Bertz CT molecular complexity index is 825. The number of rotatable bonds is 8. The van der Waals surface area contributed by atoms with E-state index in [9.17, 15) is 17.6 Å². The summed E-state index contributed by atoms with van der Waals surface area (Å²) in [5.74, 6) is -1.49. The Labute approximate surface area is 175 Å². The molecule has 1 fully saturated rings. The maximum atomic E-state index is 14.1. The molecule has 0 atom stereocenters. The van der Waals surface area contributed by atoms with Crippen LogP contribution in [0.4, 0.5) is 17.6 Å². The third-order valence-corrected chi connectivity index (χ3v) is 6.04. The minimum Gasteiger partial charge on any atom is -0.453 e. The second-order valence-electron chi connectivity index (χ2n) is 8.13. The van der Waals surface area contributed by atoms with E-state index in [1.165, 1.54) is 56.9 Å². The van der Waals surface area contributed by atoms with Crippen LogP contribution in [0.15, 0.2) is 48.7 Å². The fourth-order valence-electron chi connectivity index (χ4n) is 4.36. The van der Waals surface area contributed by atoms with Crippen LogP contribution in [-0.4, -0.2) is 0 Å². The summed E-state index contributed by atoms with van der Waals surface area (Å²) in [6, 6.07) is 9.96. The first-order valence-electron chi connectivity index (χ1n) is 10.7. The van der Waals surface area contributed by atoms with Crippen LogP contribution in [0.3, 0.4) is 0 Å². The van der Waals surface area contributed by atoms with Crippen molar-refractivity contribution in [3.05, 3.63) is 65.9 Å². The first-order valence-corrected chi connectivity index (χ1v) is 10.7. The van der Waals surface area contributed by atoms with E-state index in [-0.39, 0.29) is 6.26 Å². The minimum atomic E-state index is -2.16. The zero-order chi connectivity index (χ0) is 21.5. The Morgan fingerprint density at radius 1 is 0.933 bits per heavy atom. The van der Waals surface area contributed by atoms with Gasteiger partial charge in [0.15, 0.2) is 23.6 Å². The van der Waals surface area contributed by atoms with Crippen LogP contribution in [0.1, 0.15) is 69.8 Å². The van der Waals surface area contributed by atoms with Gasteiger partial charge in [-0.1, -0.05) is 56.9 Å². The van der Waals surface area contributed by atoms with E-state index in [1.54, 1.807) is 0 Å². The fourth-order valence-corrected chi connectivity index (χ4v) is 4.36. The molecule has 2 aromatic carbocycles. The van der Waals surface area contributed by atoms with Crippen LogP contribution in [0.5, 0.6) is 5.75 Å². The predicted molar refractivity (Wildman–Crippen MR) is 112 cm³/mol. The SMILES string of the molecule is CCCCCC1CCC(c2ccc(-c3cc(F)c(OC=C(F)F)c(F)c3)cc2)CC1. The maximum absolute atomic E-state index is 14.1. The molecule has 0 bridgehead atoms. The van der Waals surface area contributed by atoms with Crippen molar-refractivity contribution >= 4 is 0 Å². The molecule has 0 radical (unpaired) electrons. The molecule has 1 nitrogen and oxygen atoms in total. The van der Waals surface area contributed by atoms with Crippen molar-refractivity contribution in [2.45, 2.75) is 64.2 Å². The monoisotopic (exact) mass is 420 g/mol. The minimum absolute atomic E-state index is 0.0223. The second-order valence-corrected chi connectivity index (χ2v) is 8.13. The van der Waals surface area contributed by atoms with Crippen LogP contribution in [0.2, 0.25) is 0 Å². The number of benzene rings is 2. The molecule has 1 saturated carbocycles. The van der Waals surface area contributed by atoms with E-state index >= 15 is 0 Å². The van der Waals surface area contributed by atoms with Gasteiger partial charge in [-0.05, 0) is 66.3 Å². The van der Waals surface area contributed by atoms with Crippen molar-refractivity contribution in [1.29, 1.82) is 0 Å². The standard InChI is InChI=1S/C25H28F4O/c1-2-3-4-5-17-6-8-18(9-7-17)19-10-12-20(13-11-19)21-14-22(26)25(23(27)15-21)30-16-24(28)29/h10-18H,2-9H2,1H3. The van der Waals surface area contributed by atoms with E-state index in [0.29, 0.717) is 17.0 Å². The van der Waals surface area contributed by atoms with Gasteiger partial charge in [-0.2, -0.15) is 8.78 Å². The molecule has 0 saturated heterocycles. The quantitative estimate of drug-likeness (QED) is 0.236. The van der Waals surface area contributed by atoms with Gasteiger partial charge in [-0.3, -0.25) is 0 Å².